The Morgan fingerprint density at radius 3 is 2.86 bits per heavy atom. The molecule has 1 aliphatic rings. The van der Waals surface area contributed by atoms with Crippen LogP contribution in [0.4, 0.5) is 5.69 Å². The van der Waals surface area contributed by atoms with E-state index in [0.717, 1.165) is 11.0 Å². The minimum Gasteiger partial charge on any atom is -1.00 e. The van der Waals surface area contributed by atoms with Crippen molar-refractivity contribution in [2.24, 2.45) is 0 Å². The number of rotatable bonds is 2. The van der Waals surface area contributed by atoms with E-state index < -0.39 is 0 Å². The predicted molar refractivity (Wildman–Crippen MR) is 57.8 cm³/mol. The first kappa shape index (κ1) is 11.5. The van der Waals surface area contributed by atoms with Gasteiger partial charge in [-0.3, -0.25) is 4.48 Å². The van der Waals surface area contributed by atoms with Gasteiger partial charge in [-0.25, -0.2) is 0 Å². The first-order valence-electron chi connectivity index (χ1n) is 4.80. The molecule has 1 aliphatic heterocycles. The summed E-state index contributed by atoms with van der Waals surface area (Å²) in [6, 6.07) is 8.74. The summed E-state index contributed by atoms with van der Waals surface area (Å²) < 4.78 is 1.03. The smallest absolute Gasteiger partial charge is 0.136 e. The molecule has 1 aromatic rings. The van der Waals surface area contributed by atoms with Crippen LogP contribution in [0.3, 0.4) is 0 Å². The minimum absolute atomic E-state index is 0. The van der Waals surface area contributed by atoms with E-state index in [1.807, 2.05) is 6.08 Å². The Morgan fingerprint density at radius 1 is 1.43 bits per heavy atom. The molecule has 0 saturated carbocycles. The third-order valence-electron chi connectivity index (χ3n) is 2.98. The maximum atomic E-state index is 3.83. The molecule has 1 atom stereocenters. The van der Waals surface area contributed by atoms with E-state index in [1.165, 1.54) is 24.2 Å². The lowest BCUT2D eigenvalue weighted by Gasteiger charge is -2.28. The summed E-state index contributed by atoms with van der Waals surface area (Å²) in [5.74, 6) is 0. The van der Waals surface area contributed by atoms with Gasteiger partial charge >= 0.3 is 0 Å². The Morgan fingerprint density at radius 2 is 2.14 bits per heavy atom. The number of likely N-dealkylation sites (N-methyl/N-ethyl adjacent to an activating group) is 1. The van der Waals surface area contributed by atoms with E-state index in [1.54, 1.807) is 0 Å². The van der Waals surface area contributed by atoms with Crippen LogP contribution in [-0.2, 0) is 6.42 Å². The average molecular weight is 254 g/mol. The summed E-state index contributed by atoms with van der Waals surface area (Å²) in [5.41, 5.74) is 2.98. The van der Waals surface area contributed by atoms with Gasteiger partial charge in [0.25, 0.3) is 0 Å². The van der Waals surface area contributed by atoms with Crippen molar-refractivity contribution < 1.29 is 17.0 Å². The first-order valence-corrected chi connectivity index (χ1v) is 4.80. The molecule has 1 heterocycles. The summed E-state index contributed by atoms with van der Waals surface area (Å²) in [5, 5.41) is 0. The quantitative estimate of drug-likeness (QED) is 0.487. The molecule has 0 spiro atoms. The zero-order valence-corrected chi connectivity index (χ0v) is 10.1. The van der Waals surface area contributed by atoms with Crippen LogP contribution in [0.15, 0.2) is 36.9 Å². The van der Waals surface area contributed by atoms with Crippen LogP contribution >= 0.6 is 0 Å². The highest BCUT2D eigenvalue weighted by Crippen LogP contribution is 2.32. The summed E-state index contributed by atoms with van der Waals surface area (Å²) in [6.45, 7) is 6.08. The fraction of sp³-hybridized carbons (Fsp3) is 0.333. The van der Waals surface area contributed by atoms with Crippen LogP contribution in [0, 0.1) is 0 Å². The van der Waals surface area contributed by atoms with Crippen molar-refractivity contribution in [3.8, 4) is 0 Å². The lowest BCUT2D eigenvalue weighted by atomic mass is 10.2. The van der Waals surface area contributed by atoms with Crippen LogP contribution in [0.1, 0.15) is 5.56 Å². The Kier molecular flexibility index (Phi) is 3.51. The van der Waals surface area contributed by atoms with E-state index in [9.17, 15) is 0 Å². The molecule has 14 heavy (non-hydrogen) atoms. The lowest BCUT2D eigenvalue weighted by Crippen LogP contribution is -3.00. The third-order valence-corrected chi connectivity index (χ3v) is 2.98. The van der Waals surface area contributed by atoms with E-state index >= 15 is 0 Å². The maximum absolute atomic E-state index is 3.83. The fourth-order valence-corrected chi connectivity index (χ4v) is 2.21. The number of nitrogens with zero attached hydrogens (tertiary/aromatic N) is 1. The van der Waals surface area contributed by atoms with Gasteiger partial charge in [-0.1, -0.05) is 24.8 Å². The zero-order valence-electron chi connectivity index (χ0n) is 8.54. The third kappa shape index (κ3) is 1.77. The molecular formula is C12H16BrN. The molecule has 0 unspecified atom stereocenters. The van der Waals surface area contributed by atoms with Crippen molar-refractivity contribution in [1.82, 2.24) is 4.48 Å². The van der Waals surface area contributed by atoms with Gasteiger partial charge in [-0.15, -0.1) is 0 Å². The fourth-order valence-electron chi connectivity index (χ4n) is 2.21. The van der Waals surface area contributed by atoms with Crippen molar-refractivity contribution in [3.63, 3.8) is 0 Å². The Balaban J connectivity index is 0.000000980. The van der Waals surface area contributed by atoms with Crippen molar-refractivity contribution in [1.29, 1.82) is 0 Å². The highest BCUT2D eigenvalue weighted by molar-refractivity contribution is 5.54. The van der Waals surface area contributed by atoms with Crippen LogP contribution in [-0.4, -0.2) is 20.1 Å². The van der Waals surface area contributed by atoms with Crippen LogP contribution in [0.25, 0.3) is 0 Å². The van der Waals surface area contributed by atoms with Gasteiger partial charge < -0.3 is 17.0 Å². The van der Waals surface area contributed by atoms with E-state index in [2.05, 4.69) is 37.9 Å². The molecule has 0 saturated heterocycles. The highest BCUT2D eigenvalue weighted by atomic mass is 79.9. The molecule has 0 radical (unpaired) electrons. The number of hydrogen-bond acceptors (Lipinski definition) is 0. The van der Waals surface area contributed by atoms with E-state index in [4.69, 9.17) is 0 Å². The number of fused-ring (bicyclic) bond motifs is 1. The van der Waals surface area contributed by atoms with Gasteiger partial charge in [0.15, 0.2) is 0 Å². The van der Waals surface area contributed by atoms with Crippen molar-refractivity contribution >= 4 is 5.69 Å². The van der Waals surface area contributed by atoms with Crippen LogP contribution in [0.2, 0.25) is 0 Å². The lowest BCUT2D eigenvalue weighted by molar-refractivity contribution is -0.00000274. The molecule has 2 heteroatoms. The van der Waals surface area contributed by atoms with Crippen molar-refractivity contribution in [2.45, 2.75) is 6.42 Å². The second-order valence-electron chi connectivity index (χ2n) is 3.97. The number of para-hydroxylation sites is 1. The Labute approximate surface area is 96.4 Å². The van der Waals surface area contributed by atoms with Gasteiger partial charge in [-0.2, -0.15) is 0 Å². The van der Waals surface area contributed by atoms with Crippen molar-refractivity contribution in [2.75, 3.05) is 20.1 Å². The maximum Gasteiger partial charge on any atom is 0.136 e. The highest BCUT2D eigenvalue weighted by Gasteiger charge is 2.32. The molecule has 0 amide bonds. The summed E-state index contributed by atoms with van der Waals surface area (Å²) in [4.78, 5) is 0. The average Bonchev–Trinajstić information content (AvgIpc) is 2.46. The van der Waals surface area contributed by atoms with Crippen molar-refractivity contribution in [3.05, 3.63) is 42.5 Å². The van der Waals surface area contributed by atoms with Gasteiger partial charge in [0.05, 0.1) is 13.6 Å². The van der Waals surface area contributed by atoms with Gasteiger partial charge in [0.2, 0.25) is 0 Å². The standard InChI is InChI=1S/C12H16N.BrH/c1-3-9-13(2)10-8-11-6-4-5-7-12(11)13;/h3-7H,1,8-10H2,2H3;1H/q+1;/p-1/t13-;/m0./s1. The molecule has 2 rings (SSSR count). The second kappa shape index (κ2) is 4.28. The summed E-state index contributed by atoms with van der Waals surface area (Å²) in [7, 11) is 2.29. The molecule has 0 aliphatic carbocycles. The van der Waals surface area contributed by atoms with Gasteiger partial charge in [-0.05, 0) is 12.1 Å². The number of halogens is 1. The van der Waals surface area contributed by atoms with Crippen LogP contribution in [0.5, 0.6) is 0 Å². The second-order valence-corrected chi connectivity index (χ2v) is 3.97. The normalized spacial score (nSPS) is 23.8. The molecule has 0 bridgehead atoms. The van der Waals surface area contributed by atoms with Gasteiger partial charge in [0, 0.05) is 12.0 Å². The minimum atomic E-state index is 0. The molecule has 0 N–H and O–H groups in total. The monoisotopic (exact) mass is 253 g/mol. The number of hydrogen-bond donors (Lipinski definition) is 0. The zero-order chi connectivity index (χ0) is 9.31. The Bertz CT molecular complexity index is 335. The van der Waals surface area contributed by atoms with Crippen LogP contribution < -0.4 is 21.5 Å². The number of benzene rings is 1. The summed E-state index contributed by atoms with van der Waals surface area (Å²) >= 11 is 0. The number of quaternary nitrogens is 1. The SMILES string of the molecule is C=CC[N@@+]1(C)CCc2ccccc21.[Br-]. The molecular weight excluding hydrogens is 238 g/mol. The largest absolute Gasteiger partial charge is 1.00 e. The molecule has 76 valence electrons. The predicted octanol–water partition coefficient (Wildman–Crippen LogP) is -0.630. The topological polar surface area (TPSA) is 0 Å². The van der Waals surface area contributed by atoms with E-state index in [-0.39, 0.29) is 17.0 Å². The van der Waals surface area contributed by atoms with Gasteiger partial charge in [0.1, 0.15) is 12.2 Å². The molecule has 0 aromatic heterocycles. The molecule has 1 nitrogen and oxygen atoms in total. The summed E-state index contributed by atoms with van der Waals surface area (Å²) in [6.07, 6.45) is 3.22. The Hall–Kier alpha value is -0.600. The first-order chi connectivity index (χ1) is 6.26. The molecule has 1 aromatic carbocycles. The molecule has 0 fully saturated rings. The van der Waals surface area contributed by atoms with E-state index in [0.29, 0.717) is 0 Å².